The van der Waals surface area contributed by atoms with E-state index in [1.54, 1.807) is 37.2 Å². The predicted octanol–water partition coefficient (Wildman–Crippen LogP) is 8.04. The van der Waals surface area contributed by atoms with Gasteiger partial charge in [-0.2, -0.15) is 0 Å². The molecule has 2 rings (SSSR count). The Bertz CT molecular complexity index is 1090. The van der Waals surface area contributed by atoms with Gasteiger partial charge in [0.15, 0.2) is 0 Å². The number of para-hydroxylation sites is 1. The second-order valence-electron chi connectivity index (χ2n) is 9.87. The lowest BCUT2D eigenvalue weighted by atomic mass is 10.1. The standard InChI is InChI=1S/C32H48N2O4/c1-4-5-6-7-8-9-10-11-12-13-14-15-16-17-18-23-31(35)37-27-38-32(36)34-26-28(24-25-33(2)3)29-21-19-20-22-30(29)34/h8-9,11-12,19-22,26H,4-7,10,13-18,23-25,27H2,1-3H3/b9-8-,12-11-/i24D2. The third-order valence-corrected chi connectivity index (χ3v) is 6.23. The number of esters is 1. The summed E-state index contributed by atoms with van der Waals surface area (Å²) in [6.07, 6.45) is 20.7. The van der Waals surface area contributed by atoms with Gasteiger partial charge in [0.25, 0.3) is 0 Å². The van der Waals surface area contributed by atoms with Crippen LogP contribution in [0.4, 0.5) is 4.79 Å². The minimum atomic E-state index is -1.66. The Labute approximate surface area is 232 Å². The minimum Gasteiger partial charge on any atom is -0.428 e. The maximum atomic E-state index is 12.7. The van der Waals surface area contributed by atoms with Crippen LogP contribution in [-0.2, 0) is 20.6 Å². The zero-order valence-corrected chi connectivity index (χ0v) is 23.6. The van der Waals surface area contributed by atoms with Gasteiger partial charge in [0.1, 0.15) is 0 Å². The topological polar surface area (TPSA) is 60.8 Å². The molecule has 0 aliphatic carbocycles. The second kappa shape index (κ2) is 19.2. The first-order valence-corrected chi connectivity index (χ1v) is 14.1. The number of hydrogen-bond donors (Lipinski definition) is 0. The summed E-state index contributed by atoms with van der Waals surface area (Å²) < 4.78 is 28.5. The number of unbranched alkanes of at least 4 members (excludes halogenated alkanes) is 8. The van der Waals surface area contributed by atoms with E-state index >= 15 is 0 Å². The van der Waals surface area contributed by atoms with Crippen molar-refractivity contribution in [3.05, 3.63) is 60.3 Å². The monoisotopic (exact) mass is 526 g/mol. The molecule has 0 aliphatic heterocycles. The van der Waals surface area contributed by atoms with Gasteiger partial charge in [-0.25, -0.2) is 4.79 Å². The largest absolute Gasteiger partial charge is 0.428 e. The Hall–Kier alpha value is -2.86. The van der Waals surface area contributed by atoms with E-state index < -0.39 is 19.3 Å². The smallest absolute Gasteiger partial charge is 0.421 e. The SMILES string of the molecule is [2H]C([2H])(CN(C)C)c1cn(C(=O)OCOC(=O)CCCCCCC/C=C\C/C=C\CCCCC)c2ccccc12. The highest BCUT2D eigenvalue weighted by molar-refractivity contribution is 5.92. The van der Waals surface area contributed by atoms with Gasteiger partial charge in [-0.1, -0.05) is 81.5 Å². The molecule has 1 aromatic carbocycles. The maximum Gasteiger partial charge on any atom is 0.421 e. The van der Waals surface area contributed by atoms with Crippen LogP contribution in [0.5, 0.6) is 0 Å². The lowest BCUT2D eigenvalue weighted by molar-refractivity contribution is -0.151. The summed E-state index contributed by atoms with van der Waals surface area (Å²) in [5.74, 6) is -0.390. The first-order chi connectivity index (χ1) is 19.3. The van der Waals surface area contributed by atoms with Crippen molar-refractivity contribution < 1.29 is 21.8 Å². The quantitative estimate of drug-likeness (QED) is 0.0802. The lowest BCUT2D eigenvalue weighted by Gasteiger charge is -2.08. The molecule has 0 fully saturated rings. The maximum absolute atomic E-state index is 12.7. The Balaban J connectivity index is 1.62. The zero-order valence-electron chi connectivity index (χ0n) is 25.6. The van der Waals surface area contributed by atoms with Gasteiger partial charge in [0.2, 0.25) is 6.79 Å². The fourth-order valence-corrected chi connectivity index (χ4v) is 4.08. The van der Waals surface area contributed by atoms with E-state index in [1.165, 1.54) is 36.4 Å². The number of carbonyl (C=O) groups excluding carboxylic acids is 2. The van der Waals surface area contributed by atoms with Crippen LogP contribution >= 0.6 is 0 Å². The van der Waals surface area contributed by atoms with Crippen molar-refractivity contribution in [3.8, 4) is 0 Å². The van der Waals surface area contributed by atoms with Crippen LogP contribution in [0.25, 0.3) is 10.9 Å². The number of likely N-dealkylation sites (N-methyl/N-ethyl adjacent to an activating group) is 1. The number of allylic oxidation sites excluding steroid dienone is 4. The van der Waals surface area contributed by atoms with E-state index in [2.05, 4.69) is 31.2 Å². The van der Waals surface area contributed by atoms with Crippen molar-refractivity contribution in [1.82, 2.24) is 9.47 Å². The van der Waals surface area contributed by atoms with Crippen LogP contribution < -0.4 is 0 Å². The number of carbonyl (C=O) groups is 2. The third-order valence-electron chi connectivity index (χ3n) is 6.23. The first kappa shape index (κ1) is 28.2. The Morgan fingerprint density at radius 2 is 1.61 bits per heavy atom. The first-order valence-electron chi connectivity index (χ1n) is 15.1. The van der Waals surface area contributed by atoms with Crippen molar-refractivity contribution in [2.24, 2.45) is 0 Å². The molecule has 0 saturated carbocycles. The van der Waals surface area contributed by atoms with E-state index in [4.69, 9.17) is 12.2 Å². The summed E-state index contributed by atoms with van der Waals surface area (Å²) in [7, 11) is 3.60. The van der Waals surface area contributed by atoms with Gasteiger partial charge in [-0.05, 0) is 70.6 Å². The van der Waals surface area contributed by atoms with Gasteiger partial charge in [-0.15, -0.1) is 0 Å². The number of fused-ring (bicyclic) bond motifs is 1. The number of nitrogens with zero attached hydrogens (tertiary/aromatic N) is 2. The molecule has 0 bridgehead atoms. The highest BCUT2D eigenvalue weighted by Gasteiger charge is 2.15. The molecule has 6 nitrogen and oxygen atoms in total. The predicted molar refractivity (Wildman–Crippen MR) is 156 cm³/mol. The molecule has 0 spiro atoms. The van der Waals surface area contributed by atoms with Crippen molar-refractivity contribution in [2.45, 2.75) is 90.3 Å². The van der Waals surface area contributed by atoms with Crippen LogP contribution in [-0.4, -0.2) is 49.0 Å². The molecule has 0 amide bonds. The van der Waals surface area contributed by atoms with Crippen LogP contribution in [0.2, 0.25) is 0 Å². The molecule has 210 valence electrons. The number of benzene rings is 1. The summed E-state index contributed by atoms with van der Waals surface area (Å²) in [6, 6.07) is 7.11. The van der Waals surface area contributed by atoms with Crippen molar-refractivity contribution >= 4 is 23.0 Å². The van der Waals surface area contributed by atoms with E-state index in [0.29, 0.717) is 22.9 Å². The minimum absolute atomic E-state index is 0.168. The highest BCUT2D eigenvalue weighted by atomic mass is 16.7. The number of hydrogen-bond acceptors (Lipinski definition) is 5. The van der Waals surface area contributed by atoms with Crippen LogP contribution in [0, 0.1) is 0 Å². The van der Waals surface area contributed by atoms with Crippen LogP contribution in [0.3, 0.4) is 0 Å². The van der Waals surface area contributed by atoms with Crippen LogP contribution in [0.15, 0.2) is 54.8 Å². The van der Waals surface area contributed by atoms with E-state index in [0.717, 1.165) is 44.9 Å². The van der Waals surface area contributed by atoms with Crippen molar-refractivity contribution in [1.29, 1.82) is 0 Å². The Morgan fingerprint density at radius 1 is 0.921 bits per heavy atom. The molecule has 1 aromatic heterocycles. The fourth-order valence-electron chi connectivity index (χ4n) is 4.08. The summed E-state index contributed by atoms with van der Waals surface area (Å²) in [5, 5.41) is 0.643. The molecule has 0 N–H and O–H groups in total. The average Bonchev–Trinajstić information content (AvgIpc) is 3.31. The van der Waals surface area contributed by atoms with Gasteiger partial charge in [0.05, 0.1) is 5.52 Å². The molecule has 1 heterocycles. The molecular formula is C32H48N2O4. The average molecular weight is 527 g/mol. The van der Waals surface area contributed by atoms with E-state index in [-0.39, 0.29) is 12.5 Å². The molecule has 0 atom stereocenters. The van der Waals surface area contributed by atoms with Gasteiger partial charge >= 0.3 is 12.1 Å². The summed E-state index contributed by atoms with van der Waals surface area (Å²) in [5.41, 5.74) is 0.952. The van der Waals surface area contributed by atoms with Gasteiger partial charge in [-0.3, -0.25) is 9.36 Å². The van der Waals surface area contributed by atoms with Gasteiger partial charge in [0, 0.05) is 27.3 Å². The zero-order chi connectivity index (χ0) is 29.2. The summed E-state index contributed by atoms with van der Waals surface area (Å²) in [4.78, 5) is 26.5. The third kappa shape index (κ3) is 12.6. The number of aromatic nitrogens is 1. The molecule has 0 radical (unpaired) electrons. The van der Waals surface area contributed by atoms with Crippen molar-refractivity contribution in [3.63, 3.8) is 0 Å². The van der Waals surface area contributed by atoms with Gasteiger partial charge < -0.3 is 14.4 Å². The summed E-state index contributed by atoms with van der Waals surface area (Å²) >= 11 is 0. The second-order valence-corrected chi connectivity index (χ2v) is 9.87. The molecule has 38 heavy (non-hydrogen) atoms. The van der Waals surface area contributed by atoms with Crippen molar-refractivity contribution in [2.75, 3.05) is 27.4 Å². The Morgan fingerprint density at radius 3 is 2.34 bits per heavy atom. The molecule has 6 heteroatoms. The summed E-state index contributed by atoms with van der Waals surface area (Å²) in [6.45, 7) is 1.93. The normalized spacial score (nSPS) is 12.9. The Kier molecular flexibility index (Phi) is 14.3. The molecule has 0 unspecified atom stereocenters. The molecule has 0 saturated heterocycles. The molecule has 0 aliphatic rings. The number of rotatable bonds is 19. The molecular weight excluding hydrogens is 476 g/mol. The lowest BCUT2D eigenvalue weighted by Crippen LogP contribution is -2.17. The fraction of sp³-hybridized carbons (Fsp3) is 0.562. The van der Waals surface area contributed by atoms with E-state index in [1.807, 2.05) is 6.07 Å². The number of ether oxygens (including phenoxy) is 2. The van der Waals surface area contributed by atoms with E-state index in [9.17, 15) is 9.59 Å². The highest BCUT2D eigenvalue weighted by Crippen LogP contribution is 2.22. The van der Waals surface area contributed by atoms with Crippen LogP contribution in [0.1, 0.15) is 92.3 Å². The molecule has 2 aromatic rings.